The smallest absolute Gasteiger partial charge is 0.406 e. The second-order valence-corrected chi connectivity index (χ2v) is 5.01. The number of anilines is 1. The minimum Gasteiger partial charge on any atom is -0.406 e. The molecule has 1 aliphatic rings. The number of hydrazone groups is 1. The lowest BCUT2D eigenvalue weighted by Crippen LogP contribution is -2.40. The van der Waals surface area contributed by atoms with Crippen LogP contribution in [0.15, 0.2) is 47.8 Å². The average molecular weight is 338 g/mol. The monoisotopic (exact) mass is 338 g/mol. The highest BCUT2D eigenvalue weighted by atomic mass is 19.4. The molecule has 9 heteroatoms. The second kappa shape index (κ2) is 6.36. The van der Waals surface area contributed by atoms with Gasteiger partial charge >= 0.3 is 6.36 Å². The molecule has 0 spiro atoms. The summed E-state index contributed by atoms with van der Waals surface area (Å²) in [4.78, 5) is 3.94. The summed E-state index contributed by atoms with van der Waals surface area (Å²) in [6.45, 7) is 0.120. The van der Waals surface area contributed by atoms with Crippen LogP contribution < -0.4 is 10.1 Å². The van der Waals surface area contributed by atoms with Crippen LogP contribution in [0.1, 0.15) is 11.1 Å². The first-order valence-corrected chi connectivity index (χ1v) is 6.95. The first-order chi connectivity index (χ1) is 11.4. The predicted molar refractivity (Wildman–Crippen MR) is 80.1 cm³/mol. The lowest BCUT2D eigenvalue weighted by molar-refractivity contribution is -0.274. The van der Waals surface area contributed by atoms with Crippen LogP contribution in [-0.2, 0) is 6.54 Å². The van der Waals surface area contributed by atoms with Gasteiger partial charge in [0.2, 0.25) is 6.35 Å². The standard InChI is InChI=1S/C15H13F3N4O2/c16-15(17,18)24-12-3-4-13-11(6-12)9-22(14(23)21-13)20-8-10-2-1-5-19-7-10/h1-8,14,21,23H,9H2/b20-8+. The number of halogens is 3. The lowest BCUT2D eigenvalue weighted by atomic mass is 10.1. The summed E-state index contributed by atoms with van der Waals surface area (Å²) in [7, 11) is 0. The van der Waals surface area contributed by atoms with Crippen LogP contribution in [0.2, 0.25) is 0 Å². The van der Waals surface area contributed by atoms with Crippen LogP contribution >= 0.6 is 0 Å². The number of aromatic nitrogens is 1. The summed E-state index contributed by atoms with van der Waals surface area (Å²) in [6, 6.07) is 7.38. The third kappa shape index (κ3) is 3.93. The summed E-state index contributed by atoms with van der Waals surface area (Å²) in [5.41, 5.74) is 1.76. The fourth-order valence-electron chi connectivity index (χ4n) is 2.21. The molecule has 24 heavy (non-hydrogen) atoms. The molecule has 126 valence electrons. The Balaban J connectivity index is 1.77. The van der Waals surface area contributed by atoms with E-state index in [-0.39, 0.29) is 12.3 Å². The van der Waals surface area contributed by atoms with Gasteiger partial charge in [0.25, 0.3) is 0 Å². The van der Waals surface area contributed by atoms with Gasteiger partial charge in [-0.25, -0.2) is 5.01 Å². The molecule has 0 saturated carbocycles. The zero-order valence-electron chi connectivity index (χ0n) is 12.2. The highest BCUT2D eigenvalue weighted by Crippen LogP contribution is 2.31. The van der Waals surface area contributed by atoms with Crippen molar-refractivity contribution >= 4 is 11.9 Å². The van der Waals surface area contributed by atoms with Crippen molar-refractivity contribution < 1.29 is 23.0 Å². The number of aliphatic hydroxyl groups excluding tert-OH is 1. The lowest BCUT2D eigenvalue weighted by Gasteiger charge is -2.32. The number of aliphatic hydroxyl groups is 1. The van der Waals surface area contributed by atoms with Crippen molar-refractivity contribution in [2.75, 3.05) is 5.32 Å². The Kier molecular flexibility index (Phi) is 4.26. The number of rotatable bonds is 3. The summed E-state index contributed by atoms with van der Waals surface area (Å²) >= 11 is 0. The van der Waals surface area contributed by atoms with Gasteiger partial charge in [0.1, 0.15) is 5.75 Å². The molecule has 3 rings (SSSR count). The minimum absolute atomic E-state index is 0.120. The SMILES string of the molecule is OC1Nc2ccc(OC(F)(F)F)cc2CN1/N=C/c1cccnc1. The molecule has 2 heterocycles. The number of nitrogens with one attached hydrogen (secondary N) is 1. The van der Waals surface area contributed by atoms with Crippen LogP contribution in [0.5, 0.6) is 5.75 Å². The molecule has 2 aromatic rings. The first-order valence-electron chi connectivity index (χ1n) is 6.95. The third-order valence-electron chi connectivity index (χ3n) is 3.25. The predicted octanol–water partition coefficient (Wildman–Crippen LogP) is 2.52. The van der Waals surface area contributed by atoms with Crippen molar-refractivity contribution in [3.63, 3.8) is 0 Å². The number of benzene rings is 1. The fraction of sp³-hybridized carbons (Fsp3) is 0.200. The van der Waals surface area contributed by atoms with Crippen molar-refractivity contribution in [3.8, 4) is 5.75 Å². The number of ether oxygens (including phenoxy) is 1. The maximum atomic E-state index is 12.3. The summed E-state index contributed by atoms with van der Waals surface area (Å²) < 4.78 is 40.8. The van der Waals surface area contributed by atoms with Crippen molar-refractivity contribution in [2.24, 2.45) is 5.10 Å². The van der Waals surface area contributed by atoms with E-state index in [1.165, 1.54) is 29.4 Å². The molecule has 1 atom stereocenters. The van der Waals surface area contributed by atoms with Crippen LogP contribution in [0.25, 0.3) is 0 Å². The molecule has 1 aromatic heterocycles. The average Bonchev–Trinajstić information content (AvgIpc) is 2.53. The normalized spacial score (nSPS) is 17.5. The van der Waals surface area contributed by atoms with Gasteiger partial charge in [0.15, 0.2) is 0 Å². The zero-order valence-corrected chi connectivity index (χ0v) is 12.2. The van der Waals surface area contributed by atoms with E-state index < -0.39 is 12.7 Å². The summed E-state index contributed by atoms with van der Waals surface area (Å²) in [6.07, 6.45) is -1.14. The first kappa shape index (κ1) is 16.1. The second-order valence-electron chi connectivity index (χ2n) is 5.01. The van der Waals surface area contributed by atoms with E-state index in [0.717, 1.165) is 5.56 Å². The van der Waals surface area contributed by atoms with E-state index in [4.69, 9.17) is 0 Å². The molecule has 0 saturated heterocycles. The molecular formula is C15H13F3N4O2. The van der Waals surface area contributed by atoms with Gasteiger partial charge in [0, 0.05) is 29.2 Å². The Bertz CT molecular complexity index is 737. The summed E-state index contributed by atoms with van der Waals surface area (Å²) in [5, 5.41) is 18.2. The zero-order chi connectivity index (χ0) is 17.2. The van der Waals surface area contributed by atoms with Gasteiger partial charge in [-0.15, -0.1) is 13.2 Å². The maximum Gasteiger partial charge on any atom is 0.573 e. The molecule has 1 unspecified atom stereocenters. The van der Waals surface area contributed by atoms with Gasteiger partial charge in [-0.3, -0.25) is 4.98 Å². The Labute approximate surface area is 135 Å². The molecule has 0 fully saturated rings. The number of fused-ring (bicyclic) bond motifs is 1. The molecule has 0 radical (unpaired) electrons. The third-order valence-corrected chi connectivity index (χ3v) is 3.25. The van der Waals surface area contributed by atoms with E-state index in [2.05, 4.69) is 20.1 Å². The Morgan fingerprint density at radius 1 is 1.38 bits per heavy atom. The number of pyridine rings is 1. The van der Waals surface area contributed by atoms with Crippen molar-refractivity contribution in [1.29, 1.82) is 0 Å². The Morgan fingerprint density at radius 3 is 2.92 bits per heavy atom. The van der Waals surface area contributed by atoms with E-state index in [1.807, 2.05) is 0 Å². The molecule has 2 N–H and O–H groups in total. The molecule has 0 bridgehead atoms. The van der Waals surface area contributed by atoms with E-state index >= 15 is 0 Å². The summed E-state index contributed by atoms with van der Waals surface area (Å²) in [5.74, 6) is -0.323. The van der Waals surface area contributed by atoms with E-state index in [1.54, 1.807) is 24.5 Å². The van der Waals surface area contributed by atoms with Crippen LogP contribution in [0.4, 0.5) is 18.9 Å². The quantitative estimate of drug-likeness (QED) is 0.842. The van der Waals surface area contributed by atoms with E-state index in [9.17, 15) is 18.3 Å². The van der Waals surface area contributed by atoms with Gasteiger partial charge in [0.05, 0.1) is 12.8 Å². The number of alkyl halides is 3. The maximum absolute atomic E-state index is 12.3. The molecular weight excluding hydrogens is 325 g/mol. The molecule has 1 aromatic carbocycles. The van der Waals surface area contributed by atoms with Gasteiger partial charge < -0.3 is 15.2 Å². The van der Waals surface area contributed by atoms with Crippen molar-refractivity contribution in [1.82, 2.24) is 9.99 Å². The van der Waals surface area contributed by atoms with Crippen LogP contribution in [-0.4, -0.2) is 34.0 Å². The van der Waals surface area contributed by atoms with Crippen molar-refractivity contribution in [3.05, 3.63) is 53.9 Å². The van der Waals surface area contributed by atoms with E-state index in [0.29, 0.717) is 11.3 Å². The number of hydrogen-bond acceptors (Lipinski definition) is 6. The van der Waals surface area contributed by atoms with Crippen LogP contribution in [0.3, 0.4) is 0 Å². The number of hydrogen-bond donors (Lipinski definition) is 2. The topological polar surface area (TPSA) is 70.0 Å². The Morgan fingerprint density at radius 2 is 2.21 bits per heavy atom. The highest BCUT2D eigenvalue weighted by molar-refractivity contribution is 5.78. The van der Waals surface area contributed by atoms with Gasteiger partial charge in [-0.2, -0.15) is 5.10 Å². The van der Waals surface area contributed by atoms with Gasteiger partial charge in [-0.05, 0) is 24.3 Å². The van der Waals surface area contributed by atoms with Crippen LogP contribution in [0, 0.1) is 0 Å². The molecule has 1 aliphatic heterocycles. The largest absolute Gasteiger partial charge is 0.573 e. The number of nitrogens with zero attached hydrogens (tertiary/aromatic N) is 3. The molecule has 6 nitrogen and oxygen atoms in total. The molecule has 0 aliphatic carbocycles. The Hall–Kier alpha value is -2.81. The fourth-order valence-corrected chi connectivity index (χ4v) is 2.21. The highest BCUT2D eigenvalue weighted by Gasteiger charge is 2.32. The van der Waals surface area contributed by atoms with Crippen molar-refractivity contribution in [2.45, 2.75) is 19.3 Å². The minimum atomic E-state index is -4.76. The van der Waals surface area contributed by atoms with Gasteiger partial charge in [-0.1, -0.05) is 6.07 Å². The molecule has 0 amide bonds.